The van der Waals surface area contributed by atoms with Gasteiger partial charge in [0.15, 0.2) is 0 Å². The number of carboxylic acid groups (broad SMARTS) is 1. The van der Waals surface area contributed by atoms with Crippen LogP contribution >= 0.6 is 0 Å². The first-order chi connectivity index (χ1) is 9.49. The fourth-order valence-electron chi connectivity index (χ4n) is 2.91. The van der Waals surface area contributed by atoms with E-state index in [0.717, 1.165) is 17.5 Å². The Morgan fingerprint density at radius 2 is 2.00 bits per heavy atom. The Kier molecular flexibility index (Phi) is 4.42. The van der Waals surface area contributed by atoms with Crippen LogP contribution < -0.4 is 5.32 Å². The zero-order valence-electron chi connectivity index (χ0n) is 11.9. The number of aryl methyl sites for hydroxylation is 1. The van der Waals surface area contributed by atoms with Crippen molar-refractivity contribution >= 4 is 11.9 Å². The molecule has 0 radical (unpaired) electrons. The van der Waals surface area contributed by atoms with Crippen LogP contribution in [0.2, 0.25) is 0 Å². The average molecular weight is 275 g/mol. The number of aliphatic carboxylic acids is 1. The van der Waals surface area contributed by atoms with Crippen LogP contribution in [0.5, 0.6) is 0 Å². The van der Waals surface area contributed by atoms with Gasteiger partial charge in [-0.15, -0.1) is 0 Å². The fourth-order valence-corrected chi connectivity index (χ4v) is 2.91. The molecule has 1 aliphatic carbocycles. The minimum atomic E-state index is -0.856. The maximum Gasteiger partial charge on any atom is 0.307 e. The molecule has 1 aliphatic rings. The Balaban J connectivity index is 2.02. The van der Waals surface area contributed by atoms with E-state index in [1.54, 1.807) is 0 Å². The van der Waals surface area contributed by atoms with E-state index in [-0.39, 0.29) is 17.9 Å². The van der Waals surface area contributed by atoms with E-state index in [2.05, 4.69) is 5.32 Å². The summed E-state index contributed by atoms with van der Waals surface area (Å²) in [7, 11) is 0. The van der Waals surface area contributed by atoms with E-state index in [1.165, 1.54) is 0 Å². The second kappa shape index (κ2) is 6.07. The summed E-state index contributed by atoms with van der Waals surface area (Å²) in [6.07, 6.45) is 2.09. The summed E-state index contributed by atoms with van der Waals surface area (Å²) < 4.78 is 0. The molecule has 1 aromatic carbocycles. The van der Waals surface area contributed by atoms with E-state index in [9.17, 15) is 9.59 Å². The number of carbonyl (C=O) groups excluding carboxylic acids is 1. The lowest BCUT2D eigenvalue weighted by Gasteiger charge is -2.20. The largest absolute Gasteiger partial charge is 0.481 e. The van der Waals surface area contributed by atoms with Crippen LogP contribution in [0.1, 0.15) is 43.4 Å². The van der Waals surface area contributed by atoms with Crippen molar-refractivity contribution in [2.45, 2.75) is 39.2 Å². The van der Waals surface area contributed by atoms with Crippen molar-refractivity contribution < 1.29 is 14.7 Å². The van der Waals surface area contributed by atoms with E-state index in [0.29, 0.717) is 12.8 Å². The van der Waals surface area contributed by atoms with Crippen LogP contribution in [0.25, 0.3) is 0 Å². The lowest BCUT2D eigenvalue weighted by atomic mass is 9.94. The van der Waals surface area contributed by atoms with Crippen LogP contribution in [-0.4, -0.2) is 17.0 Å². The zero-order chi connectivity index (χ0) is 14.7. The number of nitrogens with one attached hydrogen (secondary N) is 1. The van der Waals surface area contributed by atoms with Gasteiger partial charge in [0.2, 0.25) is 5.91 Å². The summed E-state index contributed by atoms with van der Waals surface area (Å²) >= 11 is 0. The van der Waals surface area contributed by atoms with Gasteiger partial charge in [0.05, 0.1) is 17.9 Å². The molecule has 2 N–H and O–H groups in total. The minimum absolute atomic E-state index is 0.0996. The highest BCUT2D eigenvalue weighted by atomic mass is 16.4. The van der Waals surface area contributed by atoms with Crippen molar-refractivity contribution in [1.29, 1.82) is 0 Å². The molecule has 0 aliphatic heterocycles. The van der Waals surface area contributed by atoms with Crippen LogP contribution in [-0.2, 0) is 9.59 Å². The molecule has 0 bridgehead atoms. The van der Waals surface area contributed by atoms with Gasteiger partial charge in [-0.3, -0.25) is 9.59 Å². The zero-order valence-corrected chi connectivity index (χ0v) is 11.9. The Hall–Kier alpha value is -1.84. The summed E-state index contributed by atoms with van der Waals surface area (Å²) in [5, 5.41) is 12.1. The lowest BCUT2D eigenvalue weighted by Crippen LogP contribution is -2.36. The Morgan fingerprint density at radius 3 is 2.65 bits per heavy atom. The Morgan fingerprint density at radius 1 is 1.30 bits per heavy atom. The molecule has 4 nitrogen and oxygen atoms in total. The van der Waals surface area contributed by atoms with Crippen molar-refractivity contribution in [1.82, 2.24) is 5.32 Å². The maximum atomic E-state index is 12.3. The molecule has 0 aromatic heterocycles. The molecule has 2 rings (SSSR count). The van der Waals surface area contributed by atoms with Gasteiger partial charge in [-0.05, 0) is 32.3 Å². The van der Waals surface area contributed by atoms with Crippen molar-refractivity contribution in [3.8, 4) is 0 Å². The molecule has 108 valence electrons. The second-order valence-electron chi connectivity index (χ2n) is 5.63. The minimum Gasteiger partial charge on any atom is -0.481 e. The standard InChI is InChI=1S/C16H21NO3/c1-10-5-3-6-12(9-10)11(2)17-15(18)13-7-4-8-14(13)16(19)20/h3,5-6,9,11,13-14H,4,7-8H2,1-2H3,(H,17,18)(H,19,20)/t11-,13-,14+/m1/s1. The number of rotatable bonds is 4. The SMILES string of the molecule is Cc1cccc([C@@H](C)NC(=O)[C@@H]2CCC[C@@H]2C(=O)O)c1. The van der Waals surface area contributed by atoms with Crippen LogP contribution in [0.15, 0.2) is 24.3 Å². The third-order valence-corrected chi connectivity index (χ3v) is 4.07. The molecule has 1 saturated carbocycles. The van der Waals surface area contributed by atoms with E-state index < -0.39 is 11.9 Å². The number of benzene rings is 1. The van der Waals surface area contributed by atoms with Gasteiger partial charge >= 0.3 is 5.97 Å². The van der Waals surface area contributed by atoms with Gasteiger partial charge in [-0.1, -0.05) is 36.2 Å². The summed E-state index contributed by atoms with van der Waals surface area (Å²) in [6.45, 7) is 3.94. The second-order valence-corrected chi connectivity index (χ2v) is 5.63. The molecule has 0 spiro atoms. The van der Waals surface area contributed by atoms with Crippen molar-refractivity contribution in [3.05, 3.63) is 35.4 Å². The summed E-state index contributed by atoms with van der Waals surface area (Å²) in [5.41, 5.74) is 2.19. The van der Waals surface area contributed by atoms with E-state index >= 15 is 0 Å². The first-order valence-corrected chi connectivity index (χ1v) is 7.09. The van der Waals surface area contributed by atoms with Crippen LogP contribution in [0.3, 0.4) is 0 Å². The summed E-state index contributed by atoms with van der Waals surface area (Å²) in [4.78, 5) is 23.4. The van der Waals surface area contributed by atoms with Gasteiger partial charge in [0.25, 0.3) is 0 Å². The molecule has 0 unspecified atom stereocenters. The number of carboxylic acids is 1. The highest BCUT2D eigenvalue weighted by molar-refractivity contribution is 5.85. The van der Waals surface area contributed by atoms with Crippen LogP contribution in [0.4, 0.5) is 0 Å². The number of hydrogen-bond acceptors (Lipinski definition) is 2. The predicted octanol–water partition coefficient (Wildman–Crippen LogP) is 2.67. The molecule has 1 amide bonds. The van der Waals surface area contributed by atoms with Gasteiger partial charge < -0.3 is 10.4 Å². The summed E-state index contributed by atoms with van der Waals surface area (Å²) in [6, 6.07) is 7.88. The van der Waals surface area contributed by atoms with Gasteiger partial charge in [0, 0.05) is 0 Å². The van der Waals surface area contributed by atoms with Gasteiger partial charge in [-0.25, -0.2) is 0 Å². The van der Waals surface area contributed by atoms with E-state index in [1.807, 2.05) is 38.1 Å². The average Bonchev–Trinajstić information content (AvgIpc) is 2.88. The van der Waals surface area contributed by atoms with Crippen molar-refractivity contribution in [2.24, 2.45) is 11.8 Å². The predicted molar refractivity (Wildman–Crippen MR) is 76.2 cm³/mol. The first-order valence-electron chi connectivity index (χ1n) is 7.09. The third kappa shape index (κ3) is 3.18. The quantitative estimate of drug-likeness (QED) is 0.887. The number of hydrogen-bond donors (Lipinski definition) is 2. The molecule has 0 heterocycles. The molecular formula is C16H21NO3. The highest BCUT2D eigenvalue weighted by Crippen LogP contribution is 2.32. The molecule has 0 saturated heterocycles. The van der Waals surface area contributed by atoms with Gasteiger partial charge in [-0.2, -0.15) is 0 Å². The lowest BCUT2D eigenvalue weighted by molar-refractivity contribution is -0.146. The van der Waals surface area contributed by atoms with E-state index in [4.69, 9.17) is 5.11 Å². The third-order valence-electron chi connectivity index (χ3n) is 4.07. The summed E-state index contributed by atoms with van der Waals surface area (Å²) in [5.74, 6) is -1.91. The smallest absolute Gasteiger partial charge is 0.307 e. The fraction of sp³-hybridized carbons (Fsp3) is 0.500. The number of carbonyl (C=O) groups is 2. The first kappa shape index (κ1) is 14.6. The maximum absolute atomic E-state index is 12.3. The van der Waals surface area contributed by atoms with Gasteiger partial charge in [0.1, 0.15) is 0 Å². The van der Waals surface area contributed by atoms with Crippen LogP contribution in [0, 0.1) is 18.8 Å². The van der Waals surface area contributed by atoms with Crippen molar-refractivity contribution in [2.75, 3.05) is 0 Å². The Labute approximate surface area is 119 Å². The highest BCUT2D eigenvalue weighted by Gasteiger charge is 2.38. The van der Waals surface area contributed by atoms with Crippen molar-refractivity contribution in [3.63, 3.8) is 0 Å². The Bertz CT molecular complexity index is 512. The molecule has 1 aromatic rings. The number of amides is 1. The monoisotopic (exact) mass is 275 g/mol. The normalized spacial score (nSPS) is 23.3. The molecular weight excluding hydrogens is 254 g/mol. The molecule has 4 heteroatoms. The molecule has 3 atom stereocenters. The topological polar surface area (TPSA) is 66.4 Å². The molecule has 1 fully saturated rings. The molecule has 20 heavy (non-hydrogen) atoms.